The van der Waals surface area contributed by atoms with Crippen LogP contribution < -0.4 is 10.6 Å². The number of nitrogens with one attached hydrogen (secondary N) is 1. The van der Waals surface area contributed by atoms with Crippen LogP contribution in [0.3, 0.4) is 0 Å². The van der Waals surface area contributed by atoms with Crippen molar-refractivity contribution in [3.8, 4) is 0 Å². The number of nitrogens with zero attached hydrogens (tertiary/aromatic N) is 5. The van der Waals surface area contributed by atoms with Gasteiger partial charge < -0.3 is 15.7 Å². The summed E-state index contributed by atoms with van der Waals surface area (Å²) in [5.74, 6) is 1.68. The van der Waals surface area contributed by atoms with Crippen LogP contribution in [0.25, 0.3) is 0 Å². The number of aliphatic hydroxyl groups excluding tert-OH is 1. The molecule has 3 heterocycles. The van der Waals surface area contributed by atoms with Crippen LogP contribution >= 0.6 is 0 Å². The van der Waals surface area contributed by atoms with Crippen LogP contribution in [0.4, 0.5) is 11.8 Å². The first-order chi connectivity index (χ1) is 11.7. The largest absolute Gasteiger partial charge is 0.390 e. The third-order valence-corrected chi connectivity index (χ3v) is 4.57. The van der Waals surface area contributed by atoms with Gasteiger partial charge in [-0.05, 0) is 25.0 Å². The zero-order valence-corrected chi connectivity index (χ0v) is 13.6. The molecule has 128 valence electrons. The van der Waals surface area contributed by atoms with E-state index in [-0.39, 0.29) is 0 Å². The van der Waals surface area contributed by atoms with Crippen LogP contribution in [0.2, 0.25) is 0 Å². The number of hydrogen-bond acceptors (Lipinski definition) is 7. The van der Waals surface area contributed by atoms with Gasteiger partial charge >= 0.3 is 0 Å². The average molecular weight is 329 g/mol. The summed E-state index contributed by atoms with van der Waals surface area (Å²) in [5.41, 5.74) is 8.02. The molecule has 0 radical (unpaired) electrons. The monoisotopic (exact) mass is 329 g/mol. The number of hydrogen-bond donors (Lipinski definition) is 3. The summed E-state index contributed by atoms with van der Waals surface area (Å²) in [7, 11) is 0. The van der Waals surface area contributed by atoms with E-state index in [1.165, 1.54) is 18.5 Å². The number of anilines is 2. The minimum Gasteiger partial charge on any atom is -0.390 e. The Hall–Kier alpha value is -2.19. The van der Waals surface area contributed by atoms with Gasteiger partial charge in [-0.2, -0.15) is 10.1 Å². The summed E-state index contributed by atoms with van der Waals surface area (Å²) in [4.78, 5) is 12.8. The van der Waals surface area contributed by atoms with Crippen molar-refractivity contribution in [2.75, 3.05) is 36.8 Å². The molecular weight excluding hydrogens is 306 g/mol. The highest BCUT2D eigenvalue weighted by molar-refractivity contribution is 5.38. The molecule has 1 saturated carbocycles. The quantitative estimate of drug-likeness (QED) is 0.742. The van der Waals surface area contributed by atoms with Crippen molar-refractivity contribution in [3.05, 3.63) is 29.7 Å². The Morgan fingerprint density at radius 1 is 1.29 bits per heavy atom. The molecule has 0 bridgehead atoms. The fraction of sp³-hybridized carbons (Fsp3) is 0.562. The number of aromatic amines is 1. The van der Waals surface area contributed by atoms with Gasteiger partial charge in [0, 0.05) is 50.5 Å². The van der Waals surface area contributed by atoms with Crippen molar-refractivity contribution in [2.45, 2.75) is 31.4 Å². The summed E-state index contributed by atoms with van der Waals surface area (Å²) in [6.45, 7) is 3.48. The van der Waals surface area contributed by atoms with E-state index in [9.17, 15) is 5.11 Å². The number of aromatic nitrogens is 4. The lowest BCUT2D eigenvalue weighted by Gasteiger charge is -2.21. The van der Waals surface area contributed by atoms with Gasteiger partial charge in [-0.1, -0.05) is 0 Å². The van der Waals surface area contributed by atoms with E-state index in [0.29, 0.717) is 30.8 Å². The third kappa shape index (κ3) is 3.49. The highest BCUT2D eigenvalue weighted by Crippen LogP contribution is 2.39. The molecule has 2 aliphatic rings. The topological polar surface area (TPSA) is 107 Å². The highest BCUT2D eigenvalue weighted by Gasteiger charge is 2.27. The molecular formula is C16H23N7O. The minimum atomic E-state index is -0.455. The minimum absolute atomic E-state index is 0.445. The molecule has 8 heteroatoms. The van der Waals surface area contributed by atoms with Crippen molar-refractivity contribution in [3.63, 3.8) is 0 Å². The smallest absolute Gasteiger partial charge is 0.227 e. The molecule has 2 aromatic heterocycles. The molecule has 0 spiro atoms. The maximum Gasteiger partial charge on any atom is 0.227 e. The number of H-pyrrole nitrogens is 1. The maximum atomic E-state index is 10.3. The number of nitrogens with two attached hydrogens (primary N) is 1. The Bertz CT molecular complexity index is 699. The van der Waals surface area contributed by atoms with Gasteiger partial charge in [-0.25, -0.2) is 4.98 Å². The number of β-amino-alcohol motifs (C(OH)–C–C–N with tert-alkyl or cyclic N) is 1. The van der Waals surface area contributed by atoms with E-state index < -0.39 is 6.10 Å². The molecule has 1 aliphatic carbocycles. The fourth-order valence-electron chi connectivity index (χ4n) is 3.18. The van der Waals surface area contributed by atoms with Crippen molar-refractivity contribution < 1.29 is 5.11 Å². The molecule has 1 atom stereocenters. The Balaban J connectivity index is 1.41. The molecule has 0 unspecified atom stereocenters. The second-order valence-electron chi connectivity index (χ2n) is 6.71. The van der Waals surface area contributed by atoms with Crippen molar-refractivity contribution in [1.82, 2.24) is 25.1 Å². The van der Waals surface area contributed by atoms with Crippen LogP contribution in [-0.4, -0.2) is 62.5 Å². The van der Waals surface area contributed by atoms with Gasteiger partial charge in [0.05, 0.1) is 11.8 Å². The molecule has 4 rings (SSSR count). The maximum absolute atomic E-state index is 10.3. The number of nitrogen functional groups attached to an aromatic ring is 1. The molecule has 2 aromatic rings. The van der Waals surface area contributed by atoms with Gasteiger partial charge in [0.2, 0.25) is 5.95 Å². The van der Waals surface area contributed by atoms with Crippen LogP contribution in [0.15, 0.2) is 18.3 Å². The van der Waals surface area contributed by atoms with Crippen LogP contribution in [0.1, 0.15) is 30.1 Å². The predicted octanol–water partition coefficient (Wildman–Crippen LogP) is 0.342. The SMILES string of the molecule is Nc1ccnc(N2CCN(Cc3cc(C4CC4)n[nH]3)C[C@@H](O)C2)n1. The van der Waals surface area contributed by atoms with E-state index >= 15 is 0 Å². The third-order valence-electron chi connectivity index (χ3n) is 4.57. The van der Waals surface area contributed by atoms with Gasteiger partial charge in [0.1, 0.15) is 5.82 Å². The fourth-order valence-corrected chi connectivity index (χ4v) is 3.18. The predicted molar refractivity (Wildman–Crippen MR) is 90.5 cm³/mol. The summed E-state index contributed by atoms with van der Waals surface area (Å²) >= 11 is 0. The first-order valence-electron chi connectivity index (χ1n) is 8.45. The summed E-state index contributed by atoms with van der Waals surface area (Å²) in [6, 6.07) is 3.83. The van der Waals surface area contributed by atoms with Gasteiger partial charge in [0.25, 0.3) is 0 Å². The molecule has 1 saturated heterocycles. The zero-order valence-electron chi connectivity index (χ0n) is 13.6. The van der Waals surface area contributed by atoms with Crippen LogP contribution in [0.5, 0.6) is 0 Å². The average Bonchev–Trinajstić information content (AvgIpc) is 3.33. The first kappa shape index (κ1) is 15.3. The van der Waals surface area contributed by atoms with E-state index in [0.717, 1.165) is 25.3 Å². The molecule has 4 N–H and O–H groups in total. The van der Waals surface area contributed by atoms with E-state index in [4.69, 9.17) is 5.73 Å². The van der Waals surface area contributed by atoms with Crippen molar-refractivity contribution in [2.24, 2.45) is 0 Å². The van der Waals surface area contributed by atoms with E-state index in [2.05, 4.69) is 31.1 Å². The zero-order chi connectivity index (χ0) is 16.5. The lowest BCUT2D eigenvalue weighted by Crippen LogP contribution is -2.34. The summed E-state index contributed by atoms with van der Waals surface area (Å²) < 4.78 is 0. The second kappa shape index (κ2) is 6.37. The van der Waals surface area contributed by atoms with Gasteiger partial charge in [-0.3, -0.25) is 10.00 Å². The standard InChI is InChI=1S/C16H23N7O/c17-15-3-4-18-16(19-15)23-6-5-22(9-13(24)10-23)8-12-7-14(21-20-12)11-1-2-11/h3-4,7,11,13,24H,1-2,5-6,8-10H2,(H,20,21)(H2,17,18,19)/t13-/m1/s1. The Kier molecular flexibility index (Phi) is 4.07. The Morgan fingerprint density at radius 2 is 2.17 bits per heavy atom. The number of aliphatic hydroxyl groups is 1. The van der Waals surface area contributed by atoms with Gasteiger partial charge in [-0.15, -0.1) is 0 Å². The lowest BCUT2D eigenvalue weighted by atomic mass is 10.2. The normalized spacial score (nSPS) is 22.5. The van der Waals surface area contributed by atoms with Crippen molar-refractivity contribution in [1.29, 1.82) is 0 Å². The number of rotatable bonds is 4. The first-order valence-corrected chi connectivity index (χ1v) is 8.45. The Labute approximate surface area is 140 Å². The van der Waals surface area contributed by atoms with E-state index in [1.807, 2.05) is 4.90 Å². The second-order valence-corrected chi connectivity index (χ2v) is 6.71. The Morgan fingerprint density at radius 3 is 2.96 bits per heavy atom. The van der Waals surface area contributed by atoms with Crippen LogP contribution in [0, 0.1) is 0 Å². The van der Waals surface area contributed by atoms with Gasteiger partial charge in [0.15, 0.2) is 0 Å². The molecule has 8 nitrogen and oxygen atoms in total. The van der Waals surface area contributed by atoms with Crippen LogP contribution in [-0.2, 0) is 6.54 Å². The van der Waals surface area contributed by atoms with E-state index in [1.54, 1.807) is 12.3 Å². The summed E-state index contributed by atoms with van der Waals surface area (Å²) in [6.07, 6.45) is 3.70. The molecule has 1 aliphatic heterocycles. The molecule has 0 aromatic carbocycles. The molecule has 0 amide bonds. The van der Waals surface area contributed by atoms with Crippen molar-refractivity contribution >= 4 is 11.8 Å². The highest BCUT2D eigenvalue weighted by atomic mass is 16.3. The lowest BCUT2D eigenvalue weighted by molar-refractivity contribution is 0.128. The summed E-state index contributed by atoms with van der Waals surface area (Å²) in [5, 5.41) is 17.9. The molecule has 24 heavy (non-hydrogen) atoms. The molecule has 2 fully saturated rings.